The van der Waals surface area contributed by atoms with E-state index in [2.05, 4.69) is 26.6 Å². The van der Waals surface area contributed by atoms with E-state index in [0.717, 1.165) is 102 Å². The first-order valence-corrected chi connectivity index (χ1v) is 47.3. The maximum atomic E-state index is 16.9. The van der Waals surface area contributed by atoms with Gasteiger partial charge in [-0.1, -0.05) is 103 Å². The van der Waals surface area contributed by atoms with Crippen LogP contribution in [0.25, 0.3) is 22.3 Å². The van der Waals surface area contributed by atoms with Crippen molar-refractivity contribution in [2.75, 3.05) is 33.5 Å². The predicted octanol–water partition coefficient (Wildman–Crippen LogP) is 6.10. The van der Waals surface area contributed by atoms with E-state index in [1.54, 1.807) is 39.8 Å². The number of likely N-dealkylation sites (N-methyl/N-ethyl adjacent to an activating group) is 1. The number of rotatable bonds is 28. The number of ketones is 3. The number of halogens is 3. The summed E-state index contributed by atoms with van der Waals surface area (Å²) in [7, 11) is 1.07. The van der Waals surface area contributed by atoms with E-state index in [9.17, 15) is 89.7 Å². The Hall–Kier alpha value is -12.8. The summed E-state index contributed by atoms with van der Waals surface area (Å²) in [4.78, 5) is 188. The number of nitrogens with zero attached hydrogens (tertiary/aromatic N) is 2. The molecule has 7 aromatic carbocycles. The molecule has 0 radical (unpaired) electrons. The minimum absolute atomic E-state index is 0.157. The van der Waals surface area contributed by atoms with Gasteiger partial charge in [0, 0.05) is 91.0 Å². The van der Waals surface area contributed by atoms with Crippen LogP contribution in [0.1, 0.15) is 163 Å². The maximum Gasteiger partial charge on any atom is 0.413 e. The molecule has 0 spiro atoms. The van der Waals surface area contributed by atoms with Crippen molar-refractivity contribution in [2.45, 2.75) is 233 Å². The van der Waals surface area contributed by atoms with Crippen molar-refractivity contribution in [1.82, 2.24) is 36.4 Å². The number of carboxylic acid groups (broad SMARTS) is 2. The molecular weight excluding hydrogens is 1970 g/mol. The van der Waals surface area contributed by atoms with Crippen LogP contribution >= 0.6 is 34.8 Å². The number of ether oxygens (including phenoxy) is 10. The average Bonchev–Trinajstić information content (AvgIpc) is 0.761. The van der Waals surface area contributed by atoms with Gasteiger partial charge in [0.15, 0.2) is 47.8 Å². The number of carbonyl (C=O) groups excluding carboxylic acids is 11. The fourth-order valence-electron chi connectivity index (χ4n) is 18.2. The number of esters is 1. The third-order valence-corrected chi connectivity index (χ3v) is 26.8. The molecule has 8 aliphatic rings. The number of aliphatic carboxylic acids is 2. The summed E-state index contributed by atoms with van der Waals surface area (Å²) in [5, 5.41) is 140. The van der Waals surface area contributed by atoms with E-state index in [1.165, 1.54) is 26.0 Å². The number of benzene rings is 7. The summed E-state index contributed by atoms with van der Waals surface area (Å²) in [5.74, 6) is -25.3. The Bertz CT molecular complexity index is 6060. The first kappa shape index (κ1) is 109. The zero-order chi connectivity index (χ0) is 106. The lowest BCUT2D eigenvalue weighted by Crippen LogP contribution is -2.65. The molecule has 22 atom stereocenters. The van der Waals surface area contributed by atoms with Crippen molar-refractivity contribution < 1.29 is 166 Å². The molecule has 3 saturated heterocycles. The molecule has 7 amide bonds. The average molecular weight is 2080 g/mol. The monoisotopic (exact) mass is 2080 g/mol. The molecule has 0 aliphatic carbocycles. The van der Waals surface area contributed by atoms with Gasteiger partial charge in [-0.15, -0.1) is 0 Å². The minimum atomic E-state index is -2.37. The van der Waals surface area contributed by atoms with Crippen LogP contribution in [0.3, 0.4) is 0 Å². The minimum Gasteiger partial charge on any atom is -0.508 e. The molecule has 15 rings (SSSR count). The fraction of sp³-hybridized carbons (Fsp3) is 0.444. The first-order chi connectivity index (χ1) is 68.5. The van der Waals surface area contributed by atoms with Gasteiger partial charge in [-0.2, -0.15) is 0 Å². The van der Waals surface area contributed by atoms with Crippen LogP contribution in [0.5, 0.6) is 46.0 Å². The second-order valence-corrected chi connectivity index (χ2v) is 38.7. The first-order valence-electron chi connectivity index (χ1n) is 46.2. The zero-order valence-electron chi connectivity index (χ0n) is 79.4. The van der Waals surface area contributed by atoms with E-state index < -0.39 is 353 Å². The number of amides is 7. The third-order valence-electron chi connectivity index (χ3n) is 25.9. The molecule has 20 N–H and O–H groups in total. The van der Waals surface area contributed by atoms with Crippen molar-refractivity contribution in [2.24, 2.45) is 23.3 Å². The number of carboxylic acids is 2. The molecule has 0 aromatic heterocycles. The van der Waals surface area contributed by atoms with Crippen LogP contribution in [-0.2, 0) is 97.2 Å². The summed E-state index contributed by atoms with van der Waals surface area (Å²) < 4.78 is 63.4. The van der Waals surface area contributed by atoms with Gasteiger partial charge in [-0.3, -0.25) is 57.6 Å². The molecule has 3 fully saturated rings. The molecule has 43 nitrogen and oxygen atoms in total. The van der Waals surface area contributed by atoms with E-state index in [1.807, 2.05) is 36.4 Å². The number of nitrogens with one attached hydrogen (secondary N) is 5. The van der Waals surface area contributed by atoms with Crippen LogP contribution in [0, 0.1) is 11.8 Å². The molecule has 46 heteroatoms. The fourth-order valence-corrected chi connectivity index (χ4v) is 18.8. The number of primary amides is 1. The number of aromatic hydroxyl groups is 3. The highest BCUT2D eigenvalue weighted by molar-refractivity contribution is 6.32. The second kappa shape index (κ2) is 46.3. The number of fused-ring (bicyclic) bond motifs is 15. The van der Waals surface area contributed by atoms with Crippen molar-refractivity contribution >= 4 is 112 Å². The molecule has 11 bridgehead atoms. The van der Waals surface area contributed by atoms with Crippen molar-refractivity contribution in [3.63, 3.8) is 0 Å². The van der Waals surface area contributed by atoms with Crippen molar-refractivity contribution in [3.05, 3.63) is 176 Å². The van der Waals surface area contributed by atoms with Gasteiger partial charge in [0.25, 0.3) is 0 Å². The summed E-state index contributed by atoms with van der Waals surface area (Å²) in [5.41, 5.74) is 9.41. The second-order valence-electron chi connectivity index (χ2n) is 37.5. The smallest absolute Gasteiger partial charge is 0.413 e. The standard InChI is InChI=1S/C99H112Cl3N9O34/c1-43(2)25-62(110(8)97(135)137-42-136-75(123)24-23-73(120)111(39-44(3)113)40-74(121)122)93(131)108-81-65(117)29-54(32-72(103)119)91(129)106-79-53-30-69(140-67-21-16-51(83(81)124)27-60(67)101)87(145-96-88(85(126)84(125)71(41-112)142-96)144-77-37-99(7,90(128)46(5)139-77)105-38-47-9-11-48(12-10-47)49-13-18-55(100)19-14-49)70(31-53)141-68-22-17-52(28-61(68)102)86(143-76-36-98(6,104)89(127)45(4)138-76)82-94(132)107-80(95(133)134)59-33-56(114)34-64(116)78(59)58-26-50(15-20-63(58)115)57(35-66(79)118)92(130)109-82/h9-22,26-28,30-31,33-34,43,45-46,54,57,62,71,76-77,79-86,88-90,96,105,112,114-116,124-128H,23-25,29,32,35-42,104H2,1-8H3,(H2,103,119)(H,106,129)(H,107,132)(H,108,131)(H,109,130)(H,121,122)(H,133,134). The number of Topliss-reactive ketones (excluding diaryl/α,β-unsaturated/α-hetero) is 3. The van der Waals surface area contributed by atoms with Gasteiger partial charge in [0.05, 0.1) is 65.9 Å². The molecule has 8 aliphatic heterocycles. The van der Waals surface area contributed by atoms with Crippen LogP contribution in [0.2, 0.25) is 15.1 Å². The zero-order valence-corrected chi connectivity index (χ0v) is 81.7. The largest absolute Gasteiger partial charge is 0.508 e. The van der Waals surface area contributed by atoms with Gasteiger partial charge in [-0.05, 0) is 153 Å². The molecule has 7 aromatic rings. The lowest BCUT2D eigenvalue weighted by atomic mass is 9.84. The Balaban J connectivity index is 0.965. The highest BCUT2D eigenvalue weighted by Crippen LogP contribution is 2.52. The number of phenols is 3. The summed E-state index contributed by atoms with van der Waals surface area (Å²) in [6.45, 7) is 7.03. The summed E-state index contributed by atoms with van der Waals surface area (Å²) >= 11 is 21.0. The Morgan fingerprint density at radius 1 is 0.648 bits per heavy atom. The predicted molar refractivity (Wildman–Crippen MR) is 508 cm³/mol. The molecule has 145 heavy (non-hydrogen) atoms. The summed E-state index contributed by atoms with van der Waals surface area (Å²) in [6.07, 6.45) is -29.4. The molecule has 22 unspecified atom stereocenters. The van der Waals surface area contributed by atoms with Gasteiger partial charge in [-0.25, -0.2) is 9.59 Å². The maximum absolute atomic E-state index is 16.9. The topological polar surface area (TPSA) is 655 Å². The summed E-state index contributed by atoms with van der Waals surface area (Å²) in [6, 6.07) is 17.6. The molecule has 8 heterocycles. The number of aliphatic hydroxyl groups excluding tert-OH is 6. The van der Waals surface area contributed by atoms with Crippen LogP contribution in [-0.4, -0.2) is 273 Å². The Morgan fingerprint density at radius 2 is 1.27 bits per heavy atom. The Morgan fingerprint density at radius 3 is 1.88 bits per heavy atom. The highest BCUT2D eigenvalue weighted by atomic mass is 35.5. The van der Waals surface area contributed by atoms with E-state index in [0.29, 0.717) is 9.92 Å². The lowest BCUT2D eigenvalue weighted by molar-refractivity contribution is -0.334. The van der Waals surface area contributed by atoms with Gasteiger partial charge in [0.2, 0.25) is 54.3 Å². The quantitative estimate of drug-likeness (QED) is 0.0194. The van der Waals surface area contributed by atoms with Gasteiger partial charge in [0.1, 0.15) is 95.8 Å². The van der Waals surface area contributed by atoms with Crippen molar-refractivity contribution in [3.8, 4) is 68.2 Å². The van der Waals surface area contributed by atoms with Gasteiger partial charge < -0.3 is 146 Å². The number of hydrogen-bond acceptors (Lipinski definition) is 34. The number of nitrogens with two attached hydrogens (primary N) is 2. The van der Waals surface area contributed by atoms with E-state index in [4.69, 9.17) is 93.6 Å². The Labute approximate surface area is 843 Å². The highest BCUT2D eigenvalue weighted by Gasteiger charge is 2.54. The lowest BCUT2D eigenvalue weighted by Gasteiger charge is -2.48. The molecule has 778 valence electrons. The van der Waals surface area contributed by atoms with Crippen LogP contribution < -0.4 is 52.3 Å². The van der Waals surface area contributed by atoms with Gasteiger partial charge >= 0.3 is 24.0 Å². The third kappa shape index (κ3) is 25.8. The normalized spacial score (nSPS) is 27.2. The Kier molecular flexibility index (Phi) is 34.9. The number of aliphatic hydroxyl groups is 6. The van der Waals surface area contributed by atoms with Crippen molar-refractivity contribution in [1.29, 1.82) is 0 Å². The number of phenolic OH excluding ortho intramolecular Hbond substituents is 3. The van der Waals surface area contributed by atoms with E-state index in [-0.39, 0.29) is 42.5 Å². The van der Waals surface area contributed by atoms with Crippen LogP contribution in [0.15, 0.2) is 127 Å². The number of carbonyl (C=O) groups is 13. The van der Waals surface area contributed by atoms with E-state index >= 15 is 28.8 Å². The SMILES string of the molecule is CC(=O)CN(CC(=O)O)C(=O)CCC(=O)OCOC(=O)N(C)C(CC(C)C)C(=O)NC1C(=O)CC(CC(N)=O)C(=O)NC2C(=O)CC3C(=O)NC(C(=O)NC(C(=O)O)c4cc(O)cc(O)c4-c4cc3ccc4O)C(OC3CC(C)(N)C(O)C(C)O3)c3ccc(c(Cl)c3)Oc3cc2cc(c3OC2OC(CO)C(O)C(O)C2OC2CC(C)(NCc3ccc(-c4ccc(Cl)cc4)cc3)C(O)C(C)O2)Oc2ccc(cc2Cl)C1O. The number of hydrogen-bond donors (Lipinski definition) is 18. The molecule has 0 saturated carbocycles. The van der Waals surface area contributed by atoms with Crippen LogP contribution in [0.4, 0.5) is 4.79 Å². The molecular formula is C99H112Cl3N9O34.